The fourth-order valence-electron chi connectivity index (χ4n) is 1.88. The normalized spacial score (nSPS) is 10.8. The average molecular weight is 359 g/mol. The van der Waals surface area contributed by atoms with E-state index in [1.807, 2.05) is 6.07 Å². The molecule has 0 radical (unpaired) electrons. The maximum atomic E-state index is 12.0. The van der Waals surface area contributed by atoms with Crippen LogP contribution in [0.15, 0.2) is 52.7 Å². The largest absolute Gasteiger partial charge is 0.467 e. The molecule has 6 nitrogen and oxygen atoms in total. The van der Waals surface area contributed by atoms with Crippen molar-refractivity contribution < 1.29 is 18.7 Å². The number of alkyl halides is 1. The number of hydrogen-bond acceptors (Lipinski definition) is 5. The van der Waals surface area contributed by atoms with Gasteiger partial charge in [-0.3, -0.25) is 9.59 Å². The number of halogens is 1. The van der Waals surface area contributed by atoms with Crippen LogP contribution in [0.5, 0.6) is 5.75 Å². The molecule has 128 valence electrons. The monoisotopic (exact) mass is 358 g/mol. The first-order valence-electron chi connectivity index (χ1n) is 7.41. The maximum Gasteiger partial charge on any atom is 0.312 e. The van der Waals surface area contributed by atoms with E-state index in [4.69, 9.17) is 26.0 Å². The van der Waals surface area contributed by atoms with Crippen LogP contribution in [-0.2, 0) is 16.1 Å². The first kappa shape index (κ1) is 18.3. The van der Waals surface area contributed by atoms with Gasteiger partial charge in [0, 0.05) is 5.88 Å². The molecule has 2 rings (SSSR count). The summed E-state index contributed by atoms with van der Waals surface area (Å²) in [6, 6.07) is 11.7. The molecule has 1 N–H and O–H groups in total. The van der Waals surface area contributed by atoms with Gasteiger partial charge in [-0.2, -0.15) is 5.26 Å². The van der Waals surface area contributed by atoms with Gasteiger partial charge in [-0.25, -0.2) is 0 Å². The Bertz CT molecular complexity index is 789. The molecule has 0 saturated carbocycles. The Labute approximate surface area is 149 Å². The highest BCUT2D eigenvalue weighted by Crippen LogP contribution is 2.15. The number of carbonyl (C=O) groups is 2. The van der Waals surface area contributed by atoms with Gasteiger partial charge in [0.25, 0.3) is 5.91 Å². The fourth-order valence-corrected chi connectivity index (χ4v) is 2.04. The number of ether oxygens (including phenoxy) is 1. The van der Waals surface area contributed by atoms with Crippen LogP contribution in [0.2, 0.25) is 0 Å². The van der Waals surface area contributed by atoms with E-state index in [2.05, 4.69) is 5.32 Å². The van der Waals surface area contributed by atoms with Crippen LogP contribution in [0.4, 0.5) is 0 Å². The number of esters is 1. The summed E-state index contributed by atoms with van der Waals surface area (Å²) in [7, 11) is 0. The molecule has 2 aromatic rings. The molecular weight excluding hydrogens is 344 g/mol. The molecule has 25 heavy (non-hydrogen) atoms. The quantitative estimate of drug-likeness (QED) is 0.270. The van der Waals surface area contributed by atoms with Gasteiger partial charge in [-0.1, -0.05) is 12.1 Å². The summed E-state index contributed by atoms with van der Waals surface area (Å²) in [5.74, 6) is 0.227. The van der Waals surface area contributed by atoms with E-state index in [9.17, 15) is 9.59 Å². The van der Waals surface area contributed by atoms with Crippen molar-refractivity contribution in [3.63, 3.8) is 0 Å². The summed E-state index contributed by atoms with van der Waals surface area (Å²) in [5, 5.41) is 11.8. The topological polar surface area (TPSA) is 92.3 Å². The second-order valence-corrected chi connectivity index (χ2v) is 5.29. The number of benzene rings is 1. The van der Waals surface area contributed by atoms with Crippen molar-refractivity contribution >= 4 is 29.6 Å². The van der Waals surface area contributed by atoms with E-state index >= 15 is 0 Å². The molecule has 0 saturated heterocycles. The third-order valence-corrected chi connectivity index (χ3v) is 3.28. The zero-order valence-electron chi connectivity index (χ0n) is 13.2. The van der Waals surface area contributed by atoms with Gasteiger partial charge >= 0.3 is 5.97 Å². The highest BCUT2D eigenvalue weighted by atomic mass is 35.5. The summed E-state index contributed by atoms with van der Waals surface area (Å²) in [4.78, 5) is 23.4. The standard InChI is InChI=1S/C18H15ClN2O4/c19-8-7-17(22)25-15-5-3-13(4-6-15)10-14(11-20)18(23)21-12-16-2-1-9-24-16/h1-6,9-10H,7-8,12H2,(H,21,23)/b14-10+. The molecule has 0 aliphatic carbocycles. The van der Waals surface area contributed by atoms with Crippen molar-refractivity contribution in [3.8, 4) is 11.8 Å². The van der Waals surface area contributed by atoms with Crippen LogP contribution in [0, 0.1) is 11.3 Å². The van der Waals surface area contributed by atoms with Gasteiger partial charge in [0.2, 0.25) is 0 Å². The molecule has 0 spiro atoms. The lowest BCUT2D eigenvalue weighted by Gasteiger charge is -2.04. The third-order valence-electron chi connectivity index (χ3n) is 3.09. The Morgan fingerprint density at radius 2 is 2.04 bits per heavy atom. The minimum absolute atomic E-state index is 0.0431. The molecule has 0 bridgehead atoms. The molecule has 0 atom stereocenters. The number of rotatable bonds is 7. The Morgan fingerprint density at radius 1 is 1.28 bits per heavy atom. The predicted molar refractivity (Wildman–Crippen MR) is 91.6 cm³/mol. The molecule has 7 heteroatoms. The Balaban J connectivity index is 1.99. The minimum atomic E-state index is -0.503. The van der Waals surface area contributed by atoms with Crippen LogP contribution in [-0.4, -0.2) is 17.8 Å². The lowest BCUT2D eigenvalue weighted by Crippen LogP contribution is -2.23. The van der Waals surface area contributed by atoms with Gasteiger partial charge in [0.15, 0.2) is 0 Å². The molecule has 1 aromatic heterocycles. The average Bonchev–Trinajstić information content (AvgIpc) is 3.12. The van der Waals surface area contributed by atoms with E-state index in [0.29, 0.717) is 17.1 Å². The predicted octanol–water partition coefficient (Wildman–Crippen LogP) is 3.04. The van der Waals surface area contributed by atoms with Gasteiger partial charge in [-0.15, -0.1) is 11.6 Å². The van der Waals surface area contributed by atoms with E-state index in [1.54, 1.807) is 36.4 Å². The van der Waals surface area contributed by atoms with Crippen LogP contribution in [0.3, 0.4) is 0 Å². The summed E-state index contributed by atoms with van der Waals surface area (Å²) >= 11 is 5.47. The Kier molecular flexibility index (Phi) is 6.81. The lowest BCUT2D eigenvalue weighted by atomic mass is 10.1. The van der Waals surface area contributed by atoms with Crippen LogP contribution in [0.25, 0.3) is 6.08 Å². The van der Waals surface area contributed by atoms with Crippen molar-refractivity contribution in [2.24, 2.45) is 0 Å². The number of hydrogen-bond donors (Lipinski definition) is 1. The van der Waals surface area contributed by atoms with E-state index in [0.717, 1.165) is 0 Å². The van der Waals surface area contributed by atoms with E-state index < -0.39 is 11.9 Å². The molecule has 1 heterocycles. The molecule has 0 fully saturated rings. The van der Waals surface area contributed by atoms with Crippen molar-refractivity contribution in [2.45, 2.75) is 13.0 Å². The number of carbonyl (C=O) groups excluding carboxylic acids is 2. The van der Waals surface area contributed by atoms with Crippen LogP contribution in [0.1, 0.15) is 17.7 Å². The van der Waals surface area contributed by atoms with Crippen molar-refractivity contribution in [2.75, 3.05) is 5.88 Å². The summed E-state index contributed by atoms with van der Waals surface area (Å²) < 4.78 is 10.2. The first-order chi connectivity index (χ1) is 12.1. The molecule has 0 unspecified atom stereocenters. The molecule has 0 aliphatic heterocycles. The van der Waals surface area contributed by atoms with Crippen molar-refractivity contribution in [3.05, 3.63) is 59.6 Å². The summed E-state index contributed by atoms with van der Waals surface area (Å²) in [5.41, 5.74) is 0.584. The fraction of sp³-hybridized carbons (Fsp3) is 0.167. The Morgan fingerprint density at radius 3 is 2.64 bits per heavy atom. The maximum absolute atomic E-state index is 12.0. The zero-order valence-corrected chi connectivity index (χ0v) is 14.0. The molecule has 1 amide bonds. The SMILES string of the molecule is N#C/C(=C\c1ccc(OC(=O)CCCl)cc1)C(=O)NCc1ccco1. The van der Waals surface area contributed by atoms with Crippen molar-refractivity contribution in [1.82, 2.24) is 5.32 Å². The zero-order chi connectivity index (χ0) is 18.1. The lowest BCUT2D eigenvalue weighted by molar-refractivity contribution is -0.133. The van der Waals surface area contributed by atoms with Gasteiger partial charge in [0.1, 0.15) is 23.2 Å². The molecule has 0 aliphatic rings. The smallest absolute Gasteiger partial charge is 0.312 e. The first-order valence-corrected chi connectivity index (χ1v) is 7.95. The Hall–Kier alpha value is -3.04. The number of nitrogens with zero attached hydrogens (tertiary/aromatic N) is 1. The van der Waals surface area contributed by atoms with Crippen molar-refractivity contribution in [1.29, 1.82) is 5.26 Å². The molecular formula is C18H15ClN2O4. The van der Waals surface area contributed by atoms with Gasteiger partial charge < -0.3 is 14.5 Å². The second kappa shape index (κ2) is 9.30. The van der Waals surface area contributed by atoms with E-state index in [1.165, 1.54) is 12.3 Å². The number of amides is 1. The molecule has 1 aromatic carbocycles. The summed E-state index contributed by atoms with van der Waals surface area (Å²) in [6.45, 7) is 0.195. The third kappa shape index (κ3) is 5.83. The number of nitriles is 1. The highest BCUT2D eigenvalue weighted by Gasteiger charge is 2.10. The minimum Gasteiger partial charge on any atom is -0.467 e. The highest BCUT2D eigenvalue weighted by molar-refractivity contribution is 6.18. The van der Waals surface area contributed by atoms with Gasteiger partial charge in [0.05, 0.1) is 19.2 Å². The second-order valence-electron chi connectivity index (χ2n) is 4.91. The van der Waals surface area contributed by atoms with Crippen LogP contribution < -0.4 is 10.1 Å². The number of nitrogens with one attached hydrogen (secondary N) is 1. The van der Waals surface area contributed by atoms with Crippen LogP contribution >= 0.6 is 11.6 Å². The number of furan rings is 1. The summed E-state index contributed by atoms with van der Waals surface area (Å²) in [6.07, 6.45) is 3.07. The van der Waals surface area contributed by atoms with E-state index in [-0.39, 0.29) is 24.4 Å². The van der Waals surface area contributed by atoms with Gasteiger partial charge in [-0.05, 0) is 35.9 Å².